The molecule has 6 nitrogen and oxygen atoms in total. The Labute approximate surface area is 135 Å². The third-order valence-corrected chi connectivity index (χ3v) is 6.71. The molecule has 1 aromatic carbocycles. The van der Waals surface area contributed by atoms with Crippen molar-refractivity contribution in [2.75, 3.05) is 0 Å². The number of hydrogen-bond acceptors (Lipinski definition) is 4. The van der Waals surface area contributed by atoms with E-state index in [0.29, 0.717) is 6.42 Å². The molecule has 0 bridgehead atoms. The van der Waals surface area contributed by atoms with Crippen LogP contribution in [0.2, 0.25) is 0 Å². The molecule has 1 heterocycles. The maximum Gasteiger partial charge on any atom is 0.243 e. The fraction of sp³-hybridized carbons (Fsp3) is 0.438. The van der Waals surface area contributed by atoms with Crippen LogP contribution in [0.3, 0.4) is 0 Å². The minimum absolute atomic E-state index is 0.150. The van der Waals surface area contributed by atoms with Gasteiger partial charge in [0.1, 0.15) is 4.90 Å². The summed E-state index contributed by atoms with van der Waals surface area (Å²) in [5.41, 5.74) is 0.575. The van der Waals surface area contributed by atoms with Gasteiger partial charge in [0, 0.05) is 11.5 Å². The highest BCUT2D eigenvalue weighted by Crippen LogP contribution is 2.56. The lowest BCUT2D eigenvalue weighted by molar-refractivity contribution is -0.138. The summed E-state index contributed by atoms with van der Waals surface area (Å²) in [6, 6.07) is 9.20. The number of benzene rings is 1. The van der Waals surface area contributed by atoms with E-state index >= 15 is 0 Å². The second-order valence-corrected chi connectivity index (χ2v) is 8.18. The number of hydrogen-bond donors (Lipinski definition) is 2. The van der Waals surface area contributed by atoms with Crippen LogP contribution in [-0.4, -0.2) is 35.5 Å². The minimum Gasteiger partial charge on any atom is -0.392 e. The van der Waals surface area contributed by atoms with Crippen LogP contribution in [0, 0.1) is 5.41 Å². The van der Waals surface area contributed by atoms with Gasteiger partial charge in [-0.1, -0.05) is 24.6 Å². The number of para-hydroxylation sites is 1. The molecule has 122 valence electrons. The SMILES string of the molecule is O=S(=O)(NC1CC(O)C12CCC2)c1cnn(-c2ccccc2)c1. The zero-order valence-electron chi connectivity index (χ0n) is 12.6. The first-order valence-electron chi connectivity index (χ1n) is 7.82. The molecule has 0 radical (unpaired) electrons. The van der Waals surface area contributed by atoms with Gasteiger partial charge in [-0.3, -0.25) is 0 Å². The summed E-state index contributed by atoms with van der Waals surface area (Å²) in [6.07, 6.45) is 5.83. The van der Waals surface area contributed by atoms with E-state index in [-0.39, 0.29) is 22.5 Å². The van der Waals surface area contributed by atoms with E-state index in [1.54, 1.807) is 4.68 Å². The molecular formula is C16H19N3O3S. The molecule has 2 saturated carbocycles. The van der Waals surface area contributed by atoms with E-state index in [0.717, 1.165) is 24.9 Å². The second-order valence-electron chi connectivity index (χ2n) is 6.47. The number of nitrogens with one attached hydrogen (secondary N) is 1. The molecule has 2 aliphatic rings. The maximum atomic E-state index is 12.6. The first-order valence-corrected chi connectivity index (χ1v) is 9.30. The fourth-order valence-corrected chi connectivity index (χ4v) is 4.89. The zero-order valence-corrected chi connectivity index (χ0v) is 13.4. The smallest absolute Gasteiger partial charge is 0.243 e. The Hall–Kier alpha value is -1.70. The van der Waals surface area contributed by atoms with Gasteiger partial charge in [-0.05, 0) is 31.4 Å². The van der Waals surface area contributed by atoms with Crippen molar-refractivity contribution in [3.63, 3.8) is 0 Å². The van der Waals surface area contributed by atoms with Gasteiger partial charge in [0.05, 0.1) is 24.2 Å². The average Bonchev–Trinajstić information content (AvgIpc) is 2.96. The molecule has 2 aliphatic carbocycles. The molecule has 0 aliphatic heterocycles. The van der Waals surface area contributed by atoms with Crippen molar-refractivity contribution in [1.82, 2.24) is 14.5 Å². The fourth-order valence-electron chi connectivity index (χ4n) is 3.62. The van der Waals surface area contributed by atoms with Crippen LogP contribution in [0.1, 0.15) is 25.7 Å². The minimum atomic E-state index is -3.62. The standard InChI is InChI=1S/C16H19N3O3S/c20-15-9-14(16(15)7-4-8-16)18-23(21,22)13-10-17-19(11-13)12-5-2-1-3-6-12/h1-3,5-6,10-11,14-15,18,20H,4,7-9H2. The van der Waals surface area contributed by atoms with Gasteiger partial charge in [-0.25, -0.2) is 17.8 Å². The van der Waals surface area contributed by atoms with E-state index in [4.69, 9.17) is 0 Å². The van der Waals surface area contributed by atoms with Crippen molar-refractivity contribution in [2.24, 2.45) is 5.41 Å². The monoisotopic (exact) mass is 333 g/mol. The van der Waals surface area contributed by atoms with Gasteiger partial charge in [-0.15, -0.1) is 0 Å². The van der Waals surface area contributed by atoms with Crippen LogP contribution in [0.25, 0.3) is 5.69 Å². The van der Waals surface area contributed by atoms with E-state index in [2.05, 4.69) is 9.82 Å². The Kier molecular flexibility index (Phi) is 3.33. The molecule has 4 rings (SSSR count). The normalized spacial score (nSPS) is 25.8. The maximum absolute atomic E-state index is 12.6. The lowest BCUT2D eigenvalue weighted by Crippen LogP contribution is -2.66. The Morgan fingerprint density at radius 1 is 1.26 bits per heavy atom. The van der Waals surface area contributed by atoms with E-state index in [1.807, 2.05) is 30.3 Å². The molecule has 1 spiro atoms. The Balaban J connectivity index is 1.55. The largest absolute Gasteiger partial charge is 0.392 e. The first kappa shape index (κ1) is 14.9. The summed E-state index contributed by atoms with van der Waals surface area (Å²) in [5.74, 6) is 0. The van der Waals surface area contributed by atoms with Gasteiger partial charge >= 0.3 is 0 Å². The Bertz CT molecular complexity index is 812. The number of aliphatic hydroxyl groups is 1. The molecule has 2 fully saturated rings. The molecule has 2 atom stereocenters. The van der Waals surface area contributed by atoms with Crippen LogP contribution in [0.5, 0.6) is 0 Å². The Morgan fingerprint density at radius 2 is 2.00 bits per heavy atom. The van der Waals surface area contributed by atoms with E-state index in [9.17, 15) is 13.5 Å². The second kappa shape index (κ2) is 5.15. The molecule has 2 N–H and O–H groups in total. The van der Waals surface area contributed by atoms with Gasteiger partial charge in [0.15, 0.2) is 0 Å². The lowest BCUT2D eigenvalue weighted by Gasteiger charge is -2.59. The summed E-state index contributed by atoms with van der Waals surface area (Å²) < 4.78 is 29.4. The van der Waals surface area contributed by atoms with Gasteiger partial charge in [0.25, 0.3) is 0 Å². The molecule has 2 aromatic rings. The molecule has 2 unspecified atom stereocenters. The van der Waals surface area contributed by atoms with Crippen molar-refractivity contribution >= 4 is 10.0 Å². The van der Waals surface area contributed by atoms with Crippen LogP contribution >= 0.6 is 0 Å². The summed E-state index contributed by atoms with van der Waals surface area (Å²) in [5, 5.41) is 14.1. The van der Waals surface area contributed by atoms with Gasteiger partial charge < -0.3 is 5.11 Å². The van der Waals surface area contributed by atoms with E-state index in [1.165, 1.54) is 12.4 Å². The van der Waals surface area contributed by atoms with Crippen LogP contribution in [0.15, 0.2) is 47.6 Å². The predicted molar refractivity (Wildman–Crippen MR) is 84.6 cm³/mol. The van der Waals surface area contributed by atoms with Crippen molar-refractivity contribution in [1.29, 1.82) is 0 Å². The quantitative estimate of drug-likeness (QED) is 0.887. The topological polar surface area (TPSA) is 84.2 Å². The van der Waals surface area contributed by atoms with Crippen molar-refractivity contribution < 1.29 is 13.5 Å². The summed E-state index contributed by atoms with van der Waals surface area (Å²) in [4.78, 5) is 0.150. The molecule has 0 saturated heterocycles. The highest BCUT2D eigenvalue weighted by atomic mass is 32.2. The van der Waals surface area contributed by atoms with Crippen molar-refractivity contribution in [3.05, 3.63) is 42.7 Å². The third kappa shape index (κ3) is 2.31. The summed E-state index contributed by atoms with van der Waals surface area (Å²) >= 11 is 0. The van der Waals surface area contributed by atoms with Crippen molar-refractivity contribution in [3.8, 4) is 5.69 Å². The highest BCUT2D eigenvalue weighted by Gasteiger charge is 2.58. The van der Waals surface area contributed by atoms with Crippen LogP contribution in [0.4, 0.5) is 0 Å². The number of rotatable bonds is 4. The molecule has 23 heavy (non-hydrogen) atoms. The van der Waals surface area contributed by atoms with Gasteiger partial charge in [-0.2, -0.15) is 5.10 Å². The summed E-state index contributed by atoms with van der Waals surface area (Å²) in [6.45, 7) is 0. The number of sulfonamides is 1. The molecule has 0 amide bonds. The van der Waals surface area contributed by atoms with Gasteiger partial charge in [0.2, 0.25) is 10.0 Å². The molecule has 7 heteroatoms. The molecule has 1 aromatic heterocycles. The predicted octanol–water partition coefficient (Wildman–Crippen LogP) is 1.45. The first-order chi connectivity index (χ1) is 11.0. The number of nitrogens with zero attached hydrogens (tertiary/aromatic N) is 2. The van der Waals surface area contributed by atoms with Crippen molar-refractivity contribution in [2.45, 2.75) is 42.7 Å². The number of aromatic nitrogens is 2. The zero-order chi connectivity index (χ0) is 16.1. The highest BCUT2D eigenvalue weighted by molar-refractivity contribution is 7.89. The third-order valence-electron chi connectivity index (χ3n) is 5.29. The van der Waals surface area contributed by atoms with Crippen LogP contribution < -0.4 is 4.72 Å². The van der Waals surface area contributed by atoms with E-state index < -0.39 is 10.0 Å². The number of aliphatic hydroxyl groups excluding tert-OH is 1. The Morgan fingerprint density at radius 3 is 2.61 bits per heavy atom. The molecular weight excluding hydrogens is 314 g/mol. The van der Waals surface area contributed by atoms with Crippen LogP contribution in [-0.2, 0) is 10.0 Å². The summed E-state index contributed by atoms with van der Waals surface area (Å²) in [7, 11) is -3.62. The lowest BCUT2D eigenvalue weighted by atomic mass is 9.51. The average molecular weight is 333 g/mol.